The Bertz CT molecular complexity index is 615. The third-order valence-electron chi connectivity index (χ3n) is 4.40. The number of nitrogens with one attached hydrogen (secondary N) is 1. The summed E-state index contributed by atoms with van der Waals surface area (Å²) in [5.41, 5.74) is 4.24. The van der Waals surface area contributed by atoms with Crippen LogP contribution in [-0.4, -0.2) is 35.9 Å². The number of carbonyl (C=O) groups is 1. The first kappa shape index (κ1) is 14.5. The van der Waals surface area contributed by atoms with Gasteiger partial charge in [-0.15, -0.1) is 11.3 Å². The number of aromatic nitrogens is 1. The van der Waals surface area contributed by atoms with Gasteiger partial charge in [0.1, 0.15) is 6.04 Å². The van der Waals surface area contributed by atoms with Crippen molar-refractivity contribution in [2.45, 2.75) is 26.3 Å². The number of allylic oxidation sites excluding steroid dienone is 3. The summed E-state index contributed by atoms with van der Waals surface area (Å²) in [5.74, 6) is 0.157. The standard InChI is InChI=1S/C16H21N3OS/c1-16(2)7-4-5-11(16)9-19-8-6-12-14(21-10-18-12)13(17-3)15(19)20/h4-5,7,10,13,17H,6,8-9H2,1-3H3. The number of thiazole rings is 1. The molecule has 21 heavy (non-hydrogen) atoms. The van der Waals surface area contributed by atoms with E-state index in [2.05, 4.69) is 42.4 Å². The molecular weight excluding hydrogens is 282 g/mol. The molecule has 0 spiro atoms. The second-order valence-corrected chi connectivity index (χ2v) is 7.05. The average molecular weight is 303 g/mol. The van der Waals surface area contributed by atoms with Crippen LogP contribution in [0.1, 0.15) is 30.5 Å². The predicted octanol–water partition coefficient (Wildman–Crippen LogP) is 2.31. The molecule has 0 fully saturated rings. The average Bonchev–Trinajstić information content (AvgIpc) is 2.99. The molecule has 1 unspecified atom stereocenters. The lowest BCUT2D eigenvalue weighted by Gasteiger charge is -2.29. The van der Waals surface area contributed by atoms with Crippen LogP contribution >= 0.6 is 11.3 Å². The second-order valence-electron chi connectivity index (χ2n) is 6.17. The fraction of sp³-hybridized carbons (Fsp3) is 0.500. The van der Waals surface area contributed by atoms with E-state index in [1.165, 1.54) is 5.57 Å². The summed E-state index contributed by atoms with van der Waals surface area (Å²) in [6, 6.07) is -0.256. The van der Waals surface area contributed by atoms with E-state index >= 15 is 0 Å². The molecule has 2 aliphatic rings. The van der Waals surface area contributed by atoms with Crippen LogP contribution in [0.25, 0.3) is 0 Å². The molecule has 1 aliphatic heterocycles. The van der Waals surface area contributed by atoms with Gasteiger partial charge in [0.25, 0.3) is 0 Å². The first-order valence-electron chi connectivity index (χ1n) is 7.30. The minimum Gasteiger partial charge on any atom is -0.337 e. The summed E-state index contributed by atoms with van der Waals surface area (Å²) in [7, 11) is 1.84. The molecule has 1 aromatic rings. The molecule has 2 heterocycles. The van der Waals surface area contributed by atoms with E-state index < -0.39 is 0 Å². The smallest absolute Gasteiger partial charge is 0.245 e. The fourth-order valence-corrected chi connectivity index (χ4v) is 3.89. The largest absolute Gasteiger partial charge is 0.337 e. The first-order chi connectivity index (χ1) is 10.0. The molecule has 4 nitrogen and oxygen atoms in total. The third-order valence-corrected chi connectivity index (χ3v) is 5.34. The number of carbonyl (C=O) groups excluding carboxylic acids is 1. The van der Waals surface area contributed by atoms with Crippen molar-refractivity contribution in [3.8, 4) is 0 Å². The molecule has 0 radical (unpaired) electrons. The first-order valence-corrected chi connectivity index (χ1v) is 8.18. The summed E-state index contributed by atoms with van der Waals surface area (Å²) in [6.45, 7) is 5.82. The molecule has 1 aliphatic carbocycles. The van der Waals surface area contributed by atoms with Crippen molar-refractivity contribution in [2.75, 3.05) is 20.1 Å². The molecular formula is C16H21N3OS. The zero-order valence-corrected chi connectivity index (χ0v) is 13.5. The lowest BCUT2D eigenvalue weighted by atomic mass is 9.87. The Balaban J connectivity index is 1.82. The number of hydrogen-bond donors (Lipinski definition) is 1. The van der Waals surface area contributed by atoms with Crippen molar-refractivity contribution in [1.29, 1.82) is 0 Å². The highest BCUT2D eigenvalue weighted by atomic mass is 32.1. The molecule has 1 aromatic heterocycles. The van der Waals surface area contributed by atoms with Crippen LogP contribution in [0.3, 0.4) is 0 Å². The van der Waals surface area contributed by atoms with Crippen LogP contribution in [-0.2, 0) is 11.2 Å². The quantitative estimate of drug-likeness (QED) is 0.932. The molecule has 1 atom stereocenters. The molecule has 0 saturated heterocycles. The van der Waals surface area contributed by atoms with Gasteiger partial charge < -0.3 is 10.2 Å². The SMILES string of the molecule is CNC1C(=O)N(CC2=CC=CC2(C)C)CCc2ncsc21. The topological polar surface area (TPSA) is 45.2 Å². The number of nitrogens with zero attached hydrogens (tertiary/aromatic N) is 2. The number of fused-ring (bicyclic) bond motifs is 1. The molecule has 3 rings (SSSR count). The van der Waals surface area contributed by atoms with Crippen molar-refractivity contribution < 1.29 is 4.79 Å². The Hall–Kier alpha value is -1.46. The number of rotatable bonds is 3. The zero-order valence-electron chi connectivity index (χ0n) is 12.7. The van der Waals surface area contributed by atoms with Crippen LogP contribution in [0.4, 0.5) is 0 Å². The second kappa shape index (κ2) is 5.39. The molecule has 0 bridgehead atoms. The van der Waals surface area contributed by atoms with Gasteiger partial charge >= 0.3 is 0 Å². The number of hydrogen-bond acceptors (Lipinski definition) is 4. The molecule has 0 saturated carbocycles. The lowest BCUT2D eigenvalue weighted by Crippen LogP contribution is -2.41. The zero-order chi connectivity index (χ0) is 15.0. The maximum Gasteiger partial charge on any atom is 0.245 e. The maximum absolute atomic E-state index is 12.8. The van der Waals surface area contributed by atoms with E-state index in [0.29, 0.717) is 6.54 Å². The predicted molar refractivity (Wildman–Crippen MR) is 85.2 cm³/mol. The van der Waals surface area contributed by atoms with Crippen LogP contribution in [0.15, 0.2) is 29.3 Å². The summed E-state index contributed by atoms with van der Waals surface area (Å²) < 4.78 is 0. The van der Waals surface area contributed by atoms with Crippen LogP contribution in [0.5, 0.6) is 0 Å². The van der Waals surface area contributed by atoms with E-state index in [9.17, 15) is 4.79 Å². The molecule has 5 heteroatoms. The van der Waals surface area contributed by atoms with Crippen molar-refractivity contribution in [2.24, 2.45) is 5.41 Å². The Morgan fingerprint density at radius 3 is 3.00 bits per heavy atom. The van der Waals surface area contributed by atoms with Crippen LogP contribution in [0.2, 0.25) is 0 Å². The van der Waals surface area contributed by atoms with Gasteiger partial charge in [0.15, 0.2) is 0 Å². The third kappa shape index (κ3) is 2.56. The van der Waals surface area contributed by atoms with Crippen LogP contribution < -0.4 is 5.32 Å². The summed E-state index contributed by atoms with van der Waals surface area (Å²) >= 11 is 1.57. The Morgan fingerprint density at radius 1 is 1.52 bits per heavy atom. The van der Waals surface area contributed by atoms with Crippen LogP contribution in [0, 0.1) is 5.41 Å². The molecule has 0 aromatic carbocycles. The Kier molecular flexibility index (Phi) is 3.71. The maximum atomic E-state index is 12.8. The summed E-state index contributed by atoms with van der Waals surface area (Å²) in [4.78, 5) is 20.3. The van der Waals surface area contributed by atoms with E-state index in [4.69, 9.17) is 0 Å². The number of likely N-dealkylation sites (N-methyl/N-ethyl adjacent to an activating group) is 1. The Labute approximate surface area is 129 Å². The Morgan fingerprint density at radius 2 is 2.33 bits per heavy atom. The summed E-state index contributed by atoms with van der Waals surface area (Å²) in [6.07, 6.45) is 7.26. The minimum atomic E-state index is -0.256. The minimum absolute atomic E-state index is 0.0464. The van der Waals surface area contributed by atoms with Gasteiger partial charge in [-0.25, -0.2) is 4.98 Å². The normalized spacial score (nSPS) is 24.0. The van der Waals surface area contributed by atoms with Gasteiger partial charge in [-0.05, 0) is 12.6 Å². The van der Waals surface area contributed by atoms with Crippen molar-refractivity contribution in [1.82, 2.24) is 15.2 Å². The van der Waals surface area contributed by atoms with Crippen molar-refractivity contribution in [3.05, 3.63) is 39.9 Å². The highest BCUT2D eigenvalue weighted by molar-refractivity contribution is 7.10. The highest BCUT2D eigenvalue weighted by Gasteiger charge is 2.33. The monoisotopic (exact) mass is 303 g/mol. The van der Waals surface area contributed by atoms with Gasteiger partial charge in [0, 0.05) is 24.9 Å². The van der Waals surface area contributed by atoms with Gasteiger partial charge in [0.05, 0.1) is 16.1 Å². The van der Waals surface area contributed by atoms with E-state index in [-0.39, 0.29) is 17.4 Å². The highest BCUT2D eigenvalue weighted by Crippen LogP contribution is 2.34. The van der Waals surface area contributed by atoms with Crippen molar-refractivity contribution >= 4 is 17.2 Å². The van der Waals surface area contributed by atoms with E-state index in [0.717, 1.165) is 23.5 Å². The van der Waals surface area contributed by atoms with Crippen molar-refractivity contribution in [3.63, 3.8) is 0 Å². The van der Waals surface area contributed by atoms with E-state index in [1.807, 2.05) is 17.5 Å². The van der Waals surface area contributed by atoms with Gasteiger partial charge in [-0.3, -0.25) is 4.79 Å². The van der Waals surface area contributed by atoms with Gasteiger partial charge in [-0.1, -0.05) is 32.1 Å². The number of amides is 1. The van der Waals surface area contributed by atoms with E-state index in [1.54, 1.807) is 11.3 Å². The summed E-state index contributed by atoms with van der Waals surface area (Å²) in [5, 5.41) is 3.16. The van der Waals surface area contributed by atoms with Gasteiger partial charge in [0.2, 0.25) is 5.91 Å². The van der Waals surface area contributed by atoms with Gasteiger partial charge in [-0.2, -0.15) is 0 Å². The lowest BCUT2D eigenvalue weighted by molar-refractivity contribution is -0.132. The molecule has 1 amide bonds. The molecule has 1 N–H and O–H groups in total. The molecule has 112 valence electrons. The fourth-order valence-electron chi connectivity index (χ4n) is 2.95.